The fourth-order valence-electron chi connectivity index (χ4n) is 2.02. The van der Waals surface area contributed by atoms with E-state index >= 15 is 0 Å². The van der Waals surface area contributed by atoms with Gasteiger partial charge in [0, 0.05) is 29.7 Å². The largest absolute Gasteiger partial charge is 0.373 e. The average molecular weight is 279 g/mol. The minimum Gasteiger partial charge on any atom is -0.373 e. The van der Waals surface area contributed by atoms with Crippen LogP contribution in [0.1, 0.15) is 11.3 Å². The van der Waals surface area contributed by atoms with Gasteiger partial charge in [0.1, 0.15) is 5.82 Å². The van der Waals surface area contributed by atoms with Gasteiger partial charge in [-0.25, -0.2) is 18.7 Å². The standard InChI is InChI=1S/C13H11F2N3S/c1-16-13-8-5-19-6-11(8)17-12(18-13)7-2-3-9(14)10(15)4-7/h2-4H,5-6H2,1H3,(H,16,17,18). The van der Waals surface area contributed by atoms with E-state index in [0.29, 0.717) is 11.4 Å². The van der Waals surface area contributed by atoms with Gasteiger partial charge in [-0.2, -0.15) is 11.8 Å². The molecule has 2 heterocycles. The molecule has 2 aromatic rings. The summed E-state index contributed by atoms with van der Waals surface area (Å²) in [5, 5.41) is 3.03. The van der Waals surface area contributed by atoms with Crippen molar-refractivity contribution in [2.24, 2.45) is 0 Å². The van der Waals surface area contributed by atoms with Crippen LogP contribution >= 0.6 is 11.8 Å². The van der Waals surface area contributed by atoms with Crippen LogP contribution in [0.15, 0.2) is 18.2 Å². The predicted molar refractivity (Wildman–Crippen MR) is 71.9 cm³/mol. The van der Waals surface area contributed by atoms with Crippen molar-refractivity contribution in [1.82, 2.24) is 9.97 Å². The second kappa shape index (κ2) is 4.77. The molecule has 1 aromatic heterocycles. The molecule has 0 saturated carbocycles. The quantitative estimate of drug-likeness (QED) is 0.916. The number of thioether (sulfide) groups is 1. The van der Waals surface area contributed by atoms with E-state index in [1.54, 1.807) is 18.8 Å². The van der Waals surface area contributed by atoms with E-state index in [1.807, 2.05) is 0 Å². The zero-order chi connectivity index (χ0) is 13.4. The van der Waals surface area contributed by atoms with Crippen molar-refractivity contribution in [2.45, 2.75) is 11.5 Å². The maximum absolute atomic E-state index is 13.3. The lowest BCUT2D eigenvalue weighted by Gasteiger charge is -2.09. The maximum atomic E-state index is 13.3. The Bertz CT molecular complexity index is 646. The third-order valence-corrected chi connectivity index (χ3v) is 3.96. The highest BCUT2D eigenvalue weighted by Gasteiger charge is 2.20. The van der Waals surface area contributed by atoms with Gasteiger partial charge in [0.25, 0.3) is 0 Å². The van der Waals surface area contributed by atoms with Crippen molar-refractivity contribution < 1.29 is 8.78 Å². The summed E-state index contributed by atoms with van der Waals surface area (Å²) in [5.41, 5.74) is 2.54. The molecule has 6 heteroatoms. The molecule has 98 valence electrons. The summed E-state index contributed by atoms with van der Waals surface area (Å²) >= 11 is 1.77. The summed E-state index contributed by atoms with van der Waals surface area (Å²) in [4.78, 5) is 8.82. The van der Waals surface area contributed by atoms with Gasteiger partial charge in [0.15, 0.2) is 17.5 Å². The van der Waals surface area contributed by atoms with E-state index in [9.17, 15) is 8.78 Å². The summed E-state index contributed by atoms with van der Waals surface area (Å²) in [6.07, 6.45) is 0. The van der Waals surface area contributed by atoms with Crippen molar-refractivity contribution in [1.29, 1.82) is 0 Å². The molecule has 1 aliphatic heterocycles. The summed E-state index contributed by atoms with van der Waals surface area (Å²) in [5.74, 6) is 1.13. The molecule has 0 fully saturated rings. The summed E-state index contributed by atoms with van der Waals surface area (Å²) in [6.45, 7) is 0. The Morgan fingerprint density at radius 3 is 2.74 bits per heavy atom. The summed E-state index contributed by atoms with van der Waals surface area (Å²) in [6, 6.07) is 3.70. The SMILES string of the molecule is CNc1nc(-c2ccc(F)c(F)c2)nc2c1CSC2. The van der Waals surface area contributed by atoms with E-state index in [2.05, 4.69) is 15.3 Å². The van der Waals surface area contributed by atoms with Crippen LogP contribution in [0, 0.1) is 11.6 Å². The molecule has 0 amide bonds. The third kappa shape index (κ3) is 2.16. The molecule has 19 heavy (non-hydrogen) atoms. The van der Waals surface area contributed by atoms with Crippen molar-refractivity contribution in [3.05, 3.63) is 41.1 Å². The summed E-state index contributed by atoms with van der Waals surface area (Å²) in [7, 11) is 1.79. The molecule has 1 aliphatic rings. The topological polar surface area (TPSA) is 37.8 Å². The number of nitrogens with zero attached hydrogens (tertiary/aromatic N) is 2. The van der Waals surface area contributed by atoms with Crippen LogP contribution in [0.5, 0.6) is 0 Å². The lowest BCUT2D eigenvalue weighted by atomic mass is 10.1. The second-order valence-electron chi connectivity index (χ2n) is 4.19. The number of nitrogens with one attached hydrogen (secondary N) is 1. The molecule has 0 spiro atoms. The maximum Gasteiger partial charge on any atom is 0.161 e. The van der Waals surface area contributed by atoms with Gasteiger partial charge in [-0.15, -0.1) is 0 Å². The smallest absolute Gasteiger partial charge is 0.161 e. The first-order chi connectivity index (χ1) is 9.19. The van der Waals surface area contributed by atoms with Gasteiger partial charge < -0.3 is 5.32 Å². The van der Waals surface area contributed by atoms with E-state index < -0.39 is 11.6 Å². The Hall–Kier alpha value is -1.69. The van der Waals surface area contributed by atoms with Gasteiger partial charge in [0.05, 0.1) is 5.69 Å². The van der Waals surface area contributed by atoms with Gasteiger partial charge >= 0.3 is 0 Å². The number of rotatable bonds is 2. The van der Waals surface area contributed by atoms with Crippen molar-refractivity contribution in [2.75, 3.05) is 12.4 Å². The molecule has 0 radical (unpaired) electrons. The molecule has 3 nitrogen and oxygen atoms in total. The van der Waals surface area contributed by atoms with Crippen LogP contribution in [0.2, 0.25) is 0 Å². The number of anilines is 1. The first-order valence-electron chi connectivity index (χ1n) is 5.79. The van der Waals surface area contributed by atoms with Crippen LogP contribution in [-0.2, 0) is 11.5 Å². The van der Waals surface area contributed by atoms with E-state index in [-0.39, 0.29) is 0 Å². The van der Waals surface area contributed by atoms with Crippen LogP contribution in [0.25, 0.3) is 11.4 Å². The van der Waals surface area contributed by atoms with Gasteiger partial charge in [-0.3, -0.25) is 0 Å². The lowest BCUT2D eigenvalue weighted by Crippen LogP contribution is -2.03. The van der Waals surface area contributed by atoms with Crippen LogP contribution in [-0.4, -0.2) is 17.0 Å². The fraction of sp³-hybridized carbons (Fsp3) is 0.231. The monoisotopic (exact) mass is 279 g/mol. The van der Waals surface area contributed by atoms with Gasteiger partial charge in [0.2, 0.25) is 0 Å². The molecule has 0 aliphatic carbocycles. The number of hydrogen-bond donors (Lipinski definition) is 1. The van der Waals surface area contributed by atoms with Gasteiger partial charge in [-0.1, -0.05) is 0 Å². The van der Waals surface area contributed by atoms with Crippen molar-refractivity contribution >= 4 is 17.6 Å². The predicted octanol–water partition coefficient (Wildman–Crippen LogP) is 3.21. The van der Waals surface area contributed by atoms with Crippen LogP contribution in [0.3, 0.4) is 0 Å². The average Bonchev–Trinajstić information content (AvgIpc) is 2.89. The molecule has 0 atom stereocenters. The highest BCUT2D eigenvalue weighted by molar-refractivity contribution is 7.98. The Morgan fingerprint density at radius 2 is 2.00 bits per heavy atom. The fourth-order valence-corrected chi connectivity index (χ4v) is 3.06. The Balaban J connectivity index is 2.12. The van der Waals surface area contributed by atoms with Gasteiger partial charge in [-0.05, 0) is 18.2 Å². The molecule has 1 aromatic carbocycles. The third-order valence-electron chi connectivity index (χ3n) is 2.99. The zero-order valence-electron chi connectivity index (χ0n) is 10.2. The molecule has 0 bridgehead atoms. The number of aromatic nitrogens is 2. The van der Waals surface area contributed by atoms with E-state index in [1.165, 1.54) is 6.07 Å². The first kappa shape index (κ1) is 12.3. The Labute approximate surface area is 113 Å². The molecular weight excluding hydrogens is 268 g/mol. The lowest BCUT2D eigenvalue weighted by molar-refractivity contribution is 0.509. The van der Waals surface area contributed by atoms with Crippen molar-refractivity contribution in [3.63, 3.8) is 0 Å². The molecule has 3 rings (SSSR count). The Kier molecular flexibility index (Phi) is 3.10. The molecule has 0 saturated heterocycles. The number of halogens is 2. The number of hydrogen-bond acceptors (Lipinski definition) is 4. The molecule has 1 N–H and O–H groups in total. The van der Waals surface area contributed by atoms with Crippen molar-refractivity contribution in [3.8, 4) is 11.4 Å². The first-order valence-corrected chi connectivity index (χ1v) is 6.95. The van der Waals surface area contributed by atoms with E-state index in [4.69, 9.17) is 0 Å². The number of benzene rings is 1. The Morgan fingerprint density at radius 1 is 1.16 bits per heavy atom. The zero-order valence-corrected chi connectivity index (χ0v) is 11.0. The van der Waals surface area contributed by atoms with Crippen LogP contribution in [0.4, 0.5) is 14.6 Å². The second-order valence-corrected chi connectivity index (χ2v) is 5.18. The van der Waals surface area contributed by atoms with E-state index in [0.717, 1.165) is 40.7 Å². The normalized spacial score (nSPS) is 13.4. The minimum absolute atomic E-state index is 0.421. The number of fused-ring (bicyclic) bond motifs is 1. The highest BCUT2D eigenvalue weighted by Crippen LogP contribution is 2.34. The molecular formula is C13H11F2N3S. The minimum atomic E-state index is -0.887. The van der Waals surface area contributed by atoms with Crippen LogP contribution < -0.4 is 5.32 Å². The summed E-state index contributed by atoms with van der Waals surface area (Å²) < 4.78 is 26.2. The molecule has 0 unspecified atom stereocenters. The highest BCUT2D eigenvalue weighted by atomic mass is 32.2.